The smallest absolute Gasteiger partial charge is 0.306 e. The molecule has 1 aromatic carbocycles. The Kier molecular flexibility index (Phi) is 3.82. The van der Waals surface area contributed by atoms with Gasteiger partial charge < -0.3 is 4.98 Å². The number of sulfone groups is 1. The molecule has 0 saturated heterocycles. The maximum Gasteiger partial charge on any atom is 0.433 e. The molecule has 7 nitrogen and oxygen atoms in total. The topological polar surface area (TPSA) is 97.2 Å². The lowest BCUT2D eigenvalue weighted by molar-refractivity contribution is -0.141. The van der Waals surface area contributed by atoms with E-state index in [-0.39, 0.29) is 27.2 Å². The fourth-order valence-corrected chi connectivity index (χ4v) is 3.48. The van der Waals surface area contributed by atoms with Gasteiger partial charge >= 0.3 is 6.18 Å². The number of hydrogen-bond acceptors (Lipinski definition) is 5. The molecule has 0 radical (unpaired) electrons. The highest BCUT2D eigenvalue weighted by molar-refractivity contribution is 7.90. The Bertz CT molecular complexity index is 1400. The first-order chi connectivity index (χ1) is 13.0. The maximum absolute atomic E-state index is 12.9. The van der Waals surface area contributed by atoms with Crippen LogP contribution in [0.5, 0.6) is 0 Å². The third-order valence-electron chi connectivity index (χ3n) is 4.17. The van der Waals surface area contributed by atoms with Crippen LogP contribution in [0.1, 0.15) is 5.69 Å². The van der Waals surface area contributed by atoms with Crippen LogP contribution in [0, 0.1) is 0 Å². The lowest BCUT2D eigenvalue weighted by atomic mass is 10.1. The van der Waals surface area contributed by atoms with Crippen molar-refractivity contribution in [3.8, 4) is 11.3 Å². The zero-order valence-electron chi connectivity index (χ0n) is 14.1. The van der Waals surface area contributed by atoms with Crippen LogP contribution < -0.4 is 5.56 Å². The van der Waals surface area contributed by atoms with Crippen LogP contribution in [0.2, 0.25) is 0 Å². The summed E-state index contributed by atoms with van der Waals surface area (Å²) in [6, 6.07) is 7.67. The first-order valence-electron chi connectivity index (χ1n) is 7.83. The van der Waals surface area contributed by atoms with Crippen molar-refractivity contribution in [1.29, 1.82) is 0 Å². The Balaban J connectivity index is 1.95. The molecule has 0 aliphatic carbocycles. The van der Waals surface area contributed by atoms with E-state index in [0.717, 1.165) is 18.5 Å². The average Bonchev–Trinajstić information content (AvgIpc) is 3.04. The van der Waals surface area contributed by atoms with Gasteiger partial charge in [-0.15, -0.1) is 0 Å². The van der Waals surface area contributed by atoms with E-state index in [1.165, 1.54) is 34.8 Å². The van der Waals surface area contributed by atoms with Gasteiger partial charge in [0.25, 0.3) is 5.56 Å². The van der Waals surface area contributed by atoms with Crippen molar-refractivity contribution in [1.82, 2.24) is 19.6 Å². The van der Waals surface area contributed by atoms with Gasteiger partial charge in [-0.2, -0.15) is 18.3 Å². The maximum atomic E-state index is 12.9. The summed E-state index contributed by atoms with van der Waals surface area (Å²) in [5, 5.41) is 4.36. The number of rotatable bonds is 2. The number of pyridine rings is 1. The second-order valence-corrected chi connectivity index (χ2v) is 8.18. The minimum Gasteiger partial charge on any atom is -0.306 e. The fraction of sp³-hybridized carbons (Fsp3) is 0.118. The largest absolute Gasteiger partial charge is 0.433 e. The van der Waals surface area contributed by atoms with Crippen LogP contribution in [-0.2, 0) is 16.0 Å². The summed E-state index contributed by atoms with van der Waals surface area (Å²) in [7, 11) is -3.52. The van der Waals surface area contributed by atoms with E-state index in [2.05, 4.69) is 15.1 Å². The molecule has 0 bridgehead atoms. The van der Waals surface area contributed by atoms with Crippen molar-refractivity contribution in [3.05, 3.63) is 58.6 Å². The average molecular weight is 408 g/mol. The van der Waals surface area contributed by atoms with Crippen LogP contribution in [0.25, 0.3) is 27.8 Å². The first-order valence-corrected chi connectivity index (χ1v) is 9.73. The van der Waals surface area contributed by atoms with Crippen LogP contribution >= 0.6 is 0 Å². The van der Waals surface area contributed by atoms with Crippen molar-refractivity contribution in [2.24, 2.45) is 0 Å². The Morgan fingerprint density at radius 3 is 2.54 bits per heavy atom. The summed E-state index contributed by atoms with van der Waals surface area (Å²) >= 11 is 0. The molecule has 0 aliphatic rings. The fourth-order valence-electron chi connectivity index (χ4n) is 2.84. The van der Waals surface area contributed by atoms with Crippen LogP contribution in [-0.4, -0.2) is 34.3 Å². The van der Waals surface area contributed by atoms with Crippen molar-refractivity contribution < 1.29 is 21.6 Å². The quantitative estimate of drug-likeness (QED) is 0.550. The van der Waals surface area contributed by atoms with Gasteiger partial charge in [-0.3, -0.25) is 9.78 Å². The van der Waals surface area contributed by atoms with E-state index in [9.17, 15) is 26.4 Å². The summed E-state index contributed by atoms with van der Waals surface area (Å²) in [5.41, 5.74) is -0.646. The van der Waals surface area contributed by atoms with E-state index in [0.29, 0.717) is 5.52 Å². The minimum absolute atomic E-state index is 0.0267. The number of halogens is 3. The van der Waals surface area contributed by atoms with E-state index >= 15 is 0 Å². The van der Waals surface area contributed by atoms with E-state index in [1.54, 1.807) is 0 Å². The molecule has 0 saturated carbocycles. The second kappa shape index (κ2) is 5.89. The van der Waals surface area contributed by atoms with Gasteiger partial charge in [-0.1, -0.05) is 0 Å². The molecule has 4 rings (SSSR count). The minimum atomic E-state index is -4.60. The number of alkyl halides is 3. The molecule has 144 valence electrons. The molecule has 1 N–H and O–H groups in total. The van der Waals surface area contributed by atoms with Gasteiger partial charge in [0, 0.05) is 24.1 Å². The third-order valence-corrected chi connectivity index (χ3v) is 5.28. The Hall–Kier alpha value is -3.21. The normalized spacial score (nSPS) is 12.7. The number of H-pyrrole nitrogens is 1. The molecule has 11 heteroatoms. The van der Waals surface area contributed by atoms with E-state index in [4.69, 9.17) is 0 Å². The van der Waals surface area contributed by atoms with E-state index in [1.807, 2.05) is 0 Å². The highest BCUT2D eigenvalue weighted by Gasteiger charge is 2.32. The van der Waals surface area contributed by atoms with E-state index < -0.39 is 27.3 Å². The number of fused-ring (bicyclic) bond motifs is 3. The zero-order valence-corrected chi connectivity index (χ0v) is 15.0. The number of aromatic amines is 1. The van der Waals surface area contributed by atoms with Gasteiger partial charge in [0.2, 0.25) is 0 Å². The predicted octanol–water partition coefficient (Wildman–Crippen LogP) is 2.66. The van der Waals surface area contributed by atoms with Crippen molar-refractivity contribution in [3.63, 3.8) is 0 Å². The lowest BCUT2D eigenvalue weighted by Crippen LogP contribution is -2.11. The SMILES string of the molecule is CS(=O)(=O)c1ccc2c(c1)c(=O)[nH]c1cc(-c3ccnc(C(F)(F)F)c3)nn12. The molecule has 0 aliphatic heterocycles. The van der Waals surface area contributed by atoms with Crippen LogP contribution in [0.3, 0.4) is 0 Å². The van der Waals surface area contributed by atoms with Crippen molar-refractivity contribution >= 4 is 26.4 Å². The molecule has 28 heavy (non-hydrogen) atoms. The molecule has 0 spiro atoms. The predicted molar refractivity (Wildman–Crippen MR) is 94.7 cm³/mol. The van der Waals surface area contributed by atoms with Gasteiger partial charge in [0.15, 0.2) is 9.84 Å². The number of nitrogens with one attached hydrogen (secondary N) is 1. The molecule has 0 unspecified atom stereocenters. The van der Waals surface area contributed by atoms with Crippen LogP contribution in [0.4, 0.5) is 13.2 Å². The second-order valence-electron chi connectivity index (χ2n) is 6.16. The molecular weight excluding hydrogens is 397 g/mol. The summed E-state index contributed by atoms with van der Waals surface area (Å²) < 4.78 is 63.5. The lowest BCUT2D eigenvalue weighted by Gasteiger charge is -2.06. The zero-order chi connectivity index (χ0) is 20.3. The van der Waals surface area contributed by atoms with Crippen molar-refractivity contribution in [2.75, 3.05) is 6.26 Å². The summed E-state index contributed by atoms with van der Waals surface area (Å²) in [6.07, 6.45) is -2.55. The summed E-state index contributed by atoms with van der Waals surface area (Å²) in [5.74, 6) is 0. The van der Waals surface area contributed by atoms with Crippen molar-refractivity contribution in [2.45, 2.75) is 11.1 Å². The van der Waals surface area contributed by atoms with Gasteiger partial charge in [0.05, 0.1) is 21.5 Å². The molecule has 3 aromatic heterocycles. The third kappa shape index (κ3) is 3.03. The monoisotopic (exact) mass is 408 g/mol. The standard InChI is InChI=1S/C17H11F3N4O3S/c1-28(26,27)10-2-3-13-11(7-10)16(25)22-15-8-12(23-24(13)15)9-4-5-21-14(6-9)17(18,19)20/h2-8H,1H3,(H,22,25). The number of hydrogen-bond donors (Lipinski definition) is 1. The molecule has 3 heterocycles. The van der Waals surface area contributed by atoms with Gasteiger partial charge in [0.1, 0.15) is 11.3 Å². The molecule has 0 fully saturated rings. The highest BCUT2D eigenvalue weighted by Crippen LogP contribution is 2.30. The van der Waals surface area contributed by atoms with Gasteiger partial charge in [-0.25, -0.2) is 12.9 Å². The first kappa shape index (κ1) is 18.2. The molecule has 4 aromatic rings. The van der Waals surface area contributed by atoms with Gasteiger partial charge in [-0.05, 0) is 30.3 Å². The summed E-state index contributed by atoms with van der Waals surface area (Å²) in [4.78, 5) is 18.2. The number of nitrogens with zero attached hydrogens (tertiary/aromatic N) is 3. The Labute approximate surface area is 155 Å². The molecular formula is C17H11F3N4O3S. The molecule has 0 amide bonds. The Morgan fingerprint density at radius 1 is 1.11 bits per heavy atom. The van der Waals surface area contributed by atoms with Crippen LogP contribution in [0.15, 0.2) is 52.3 Å². The molecule has 0 atom stereocenters. The highest BCUT2D eigenvalue weighted by atomic mass is 32.2. The number of benzene rings is 1. The summed E-state index contributed by atoms with van der Waals surface area (Å²) in [6.45, 7) is 0. The Morgan fingerprint density at radius 2 is 1.86 bits per heavy atom. The number of aromatic nitrogens is 4.